The maximum Gasteiger partial charge on any atom is 0.191 e. The molecular formula is C19H25ClIN3O. The third kappa shape index (κ3) is 7.22. The Labute approximate surface area is 171 Å². The zero-order valence-corrected chi connectivity index (χ0v) is 17.6. The summed E-state index contributed by atoms with van der Waals surface area (Å²) < 4.78 is 0. The third-order valence-electron chi connectivity index (χ3n) is 3.65. The molecule has 0 amide bonds. The van der Waals surface area contributed by atoms with Crippen LogP contribution < -0.4 is 10.6 Å². The number of aliphatic hydroxyl groups is 1. The summed E-state index contributed by atoms with van der Waals surface area (Å²) in [5.74, 6) is 0.661. The number of halogens is 2. The minimum Gasteiger partial charge on any atom is -0.384 e. The second-order valence-electron chi connectivity index (χ2n) is 5.82. The van der Waals surface area contributed by atoms with Gasteiger partial charge >= 0.3 is 0 Å². The van der Waals surface area contributed by atoms with Gasteiger partial charge in [-0.2, -0.15) is 0 Å². The van der Waals surface area contributed by atoms with Crippen molar-refractivity contribution in [1.82, 2.24) is 10.6 Å². The van der Waals surface area contributed by atoms with Crippen LogP contribution in [-0.4, -0.2) is 24.2 Å². The first-order chi connectivity index (χ1) is 11.5. The summed E-state index contributed by atoms with van der Waals surface area (Å²) in [5.41, 5.74) is 0.922. The molecule has 0 radical (unpaired) electrons. The molecule has 0 heterocycles. The lowest BCUT2D eigenvalue weighted by atomic mass is 9.96. The Kier molecular flexibility index (Phi) is 9.24. The molecule has 25 heavy (non-hydrogen) atoms. The van der Waals surface area contributed by atoms with Crippen molar-refractivity contribution in [1.29, 1.82) is 0 Å². The van der Waals surface area contributed by atoms with Crippen molar-refractivity contribution in [3.8, 4) is 0 Å². The molecule has 136 valence electrons. The number of hydrogen-bond acceptors (Lipinski definition) is 2. The summed E-state index contributed by atoms with van der Waals surface area (Å²) in [4.78, 5) is 4.55. The molecular weight excluding hydrogens is 449 g/mol. The van der Waals surface area contributed by atoms with Crippen molar-refractivity contribution in [3.63, 3.8) is 0 Å². The first kappa shape index (κ1) is 21.7. The molecule has 1 atom stereocenters. The van der Waals surface area contributed by atoms with Crippen molar-refractivity contribution in [2.75, 3.05) is 13.1 Å². The SMILES string of the molecule is CCNC(=NCc1cccc(Cl)c1)NCC(C)(O)c1ccccc1.I. The zero-order chi connectivity index (χ0) is 17.4. The van der Waals surface area contributed by atoms with Crippen LogP contribution in [0.15, 0.2) is 59.6 Å². The van der Waals surface area contributed by atoms with Gasteiger partial charge in [0, 0.05) is 11.6 Å². The average Bonchev–Trinajstić information content (AvgIpc) is 2.58. The van der Waals surface area contributed by atoms with E-state index in [0.717, 1.165) is 17.7 Å². The number of rotatable bonds is 6. The molecule has 4 nitrogen and oxygen atoms in total. The van der Waals surface area contributed by atoms with Crippen LogP contribution in [0.1, 0.15) is 25.0 Å². The predicted molar refractivity (Wildman–Crippen MR) is 116 cm³/mol. The summed E-state index contributed by atoms with van der Waals surface area (Å²) in [7, 11) is 0. The van der Waals surface area contributed by atoms with Crippen LogP contribution in [0, 0.1) is 0 Å². The maximum absolute atomic E-state index is 10.7. The van der Waals surface area contributed by atoms with Crippen molar-refractivity contribution >= 4 is 41.5 Å². The minimum absolute atomic E-state index is 0. The number of guanidine groups is 1. The van der Waals surface area contributed by atoms with E-state index in [1.165, 1.54) is 0 Å². The minimum atomic E-state index is -0.979. The fourth-order valence-electron chi connectivity index (χ4n) is 2.30. The van der Waals surface area contributed by atoms with Gasteiger partial charge in [-0.15, -0.1) is 24.0 Å². The van der Waals surface area contributed by atoms with E-state index in [4.69, 9.17) is 11.6 Å². The number of hydrogen-bond donors (Lipinski definition) is 3. The van der Waals surface area contributed by atoms with E-state index in [-0.39, 0.29) is 24.0 Å². The van der Waals surface area contributed by atoms with Crippen molar-refractivity contribution in [2.45, 2.75) is 26.0 Å². The van der Waals surface area contributed by atoms with E-state index >= 15 is 0 Å². The highest BCUT2D eigenvalue weighted by molar-refractivity contribution is 14.0. The van der Waals surface area contributed by atoms with Crippen LogP contribution in [-0.2, 0) is 12.1 Å². The van der Waals surface area contributed by atoms with Gasteiger partial charge in [0.25, 0.3) is 0 Å². The second-order valence-corrected chi connectivity index (χ2v) is 6.25. The summed E-state index contributed by atoms with van der Waals surface area (Å²) in [5, 5.41) is 17.7. The summed E-state index contributed by atoms with van der Waals surface area (Å²) in [6.07, 6.45) is 0. The standard InChI is InChI=1S/C19H24ClN3O.HI/c1-3-21-18(22-13-15-8-7-11-17(20)12-15)23-14-19(2,24)16-9-5-4-6-10-16;/h4-12,24H,3,13-14H2,1-2H3,(H2,21,22,23);1H. The van der Waals surface area contributed by atoms with E-state index in [1.807, 2.05) is 61.5 Å². The largest absolute Gasteiger partial charge is 0.384 e. The van der Waals surface area contributed by atoms with Gasteiger partial charge in [0.05, 0.1) is 13.1 Å². The molecule has 0 aliphatic rings. The van der Waals surface area contributed by atoms with Gasteiger partial charge in [0.2, 0.25) is 0 Å². The highest BCUT2D eigenvalue weighted by Gasteiger charge is 2.22. The van der Waals surface area contributed by atoms with Crippen molar-refractivity contribution in [2.24, 2.45) is 4.99 Å². The molecule has 0 aliphatic heterocycles. The van der Waals surface area contributed by atoms with Gasteiger partial charge in [-0.05, 0) is 37.1 Å². The van der Waals surface area contributed by atoms with Crippen molar-refractivity contribution in [3.05, 3.63) is 70.7 Å². The molecule has 2 rings (SSSR count). The van der Waals surface area contributed by atoms with Crippen LogP contribution in [0.4, 0.5) is 0 Å². The molecule has 0 spiro atoms. The maximum atomic E-state index is 10.7. The van der Waals surface area contributed by atoms with Gasteiger partial charge in [-0.1, -0.05) is 54.1 Å². The summed E-state index contributed by atoms with van der Waals surface area (Å²) >= 11 is 6.00. The van der Waals surface area contributed by atoms with Crippen LogP contribution in [0.5, 0.6) is 0 Å². The number of nitrogens with zero attached hydrogens (tertiary/aromatic N) is 1. The second kappa shape index (κ2) is 10.6. The molecule has 2 aromatic rings. The molecule has 0 aliphatic carbocycles. The van der Waals surface area contributed by atoms with Gasteiger partial charge in [0.15, 0.2) is 5.96 Å². The monoisotopic (exact) mass is 473 g/mol. The smallest absolute Gasteiger partial charge is 0.191 e. The van der Waals surface area contributed by atoms with Crippen LogP contribution in [0.2, 0.25) is 5.02 Å². The molecule has 0 saturated carbocycles. The number of aliphatic imine (C=N–C) groups is 1. The van der Waals surface area contributed by atoms with E-state index in [1.54, 1.807) is 6.92 Å². The van der Waals surface area contributed by atoms with E-state index in [9.17, 15) is 5.11 Å². The van der Waals surface area contributed by atoms with Crippen molar-refractivity contribution < 1.29 is 5.11 Å². The molecule has 6 heteroatoms. The Morgan fingerprint density at radius 3 is 2.48 bits per heavy atom. The number of benzene rings is 2. The van der Waals surface area contributed by atoms with Gasteiger partial charge < -0.3 is 15.7 Å². The van der Waals surface area contributed by atoms with Crippen LogP contribution >= 0.6 is 35.6 Å². The molecule has 0 aromatic heterocycles. The molecule has 2 aromatic carbocycles. The fourth-order valence-corrected chi connectivity index (χ4v) is 2.52. The molecule has 3 N–H and O–H groups in total. The summed E-state index contributed by atoms with van der Waals surface area (Å²) in [6, 6.07) is 17.2. The first-order valence-corrected chi connectivity index (χ1v) is 8.43. The highest BCUT2D eigenvalue weighted by atomic mass is 127. The predicted octanol–water partition coefficient (Wildman–Crippen LogP) is 3.92. The lowest BCUT2D eigenvalue weighted by Crippen LogP contribution is -2.44. The Morgan fingerprint density at radius 1 is 1.12 bits per heavy atom. The Hall–Kier alpha value is -1.31. The Morgan fingerprint density at radius 2 is 1.84 bits per heavy atom. The average molecular weight is 474 g/mol. The number of nitrogens with one attached hydrogen (secondary N) is 2. The normalized spacial score (nSPS) is 13.5. The quantitative estimate of drug-likeness (QED) is 0.339. The molecule has 1 unspecified atom stereocenters. The van der Waals surface area contributed by atoms with Gasteiger partial charge in [0.1, 0.15) is 5.60 Å². The Balaban J connectivity index is 0.00000312. The third-order valence-corrected chi connectivity index (χ3v) is 3.88. The molecule has 0 fully saturated rings. The molecule has 0 saturated heterocycles. The molecule has 0 bridgehead atoms. The lowest BCUT2D eigenvalue weighted by Gasteiger charge is -2.25. The highest BCUT2D eigenvalue weighted by Crippen LogP contribution is 2.18. The summed E-state index contributed by atoms with van der Waals surface area (Å²) in [6.45, 7) is 5.42. The van der Waals surface area contributed by atoms with E-state index in [0.29, 0.717) is 24.1 Å². The topological polar surface area (TPSA) is 56.7 Å². The van der Waals surface area contributed by atoms with Gasteiger partial charge in [-0.25, -0.2) is 4.99 Å². The van der Waals surface area contributed by atoms with E-state index in [2.05, 4.69) is 15.6 Å². The van der Waals surface area contributed by atoms with E-state index < -0.39 is 5.60 Å². The Bertz CT molecular complexity index is 677. The fraction of sp³-hybridized carbons (Fsp3) is 0.316. The first-order valence-electron chi connectivity index (χ1n) is 8.06. The van der Waals surface area contributed by atoms with Crippen LogP contribution in [0.3, 0.4) is 0 Å². The van der Waals surface area contributed by atoms with Gasteiger partial charge in [-0.3, -0.25) is 0 Å². The zero-order valence-electron chi connectivity index (χ0n) is 14.5. The van der Waals surface area contributed by atoms with Crippen LogP contribution in [0.25, 0.3) is 0 Å². The lowest BCUT2D eigenvalue weighted by molar-refractivity contribution is 0.0617.